The van der Waals surface area contributed by atoms with Gasteiger partial charge in [-0.1, -0.05) is 30.3 Å². The van der Waals surface area contributed by atoms with E-state index in [-0.39, 0.29) is 28.3 Å². The van der Waals surface area contributed by atoms with E-state index in [9.17, 15) is 28.1 Å². The van der Waals surface area contributed by atoms with Gasteiger partial charge in [0.2, 0.25) is 0 Å². The monoisotopic (exact) mass is 455 g/mol. The number of nitro groups is 1. The number of carbonyl (C=O) groups excluding carboxylic acids is 1. The Bertz CT molecular complexity index is 1340. The maximum Gasteiger partial charge on any atom is 0.433 e. The number of benzene rings is 2. The number of amides is 1. The molecule has 1 atom stereocenters. The van der Waals surface area contributed by atoms with E-state index in [1.165, 1.54) is 24.3 Å². The largest absolute Gasteiger partial charge is 0.433 e. The van der Waals surface area contributed by atoms with E-state index in [4.69, 9.17) is 0 Å². The molecule has 0 saturated carbocycles. The first-order chi connectivity index (χ1) is 15.6. The molecule has 1 amide bonds. The van der Waals surface area contributed by atoms with Crippen molar-refractivity contribution in [2.24, 2.45) is 0 Å². The van der Waals surface area contributed by atoms with Crippen molar-refractivity contribution in [2.45, 2.75) is 19.1 Å². The van der Waals surface area contributed by atoms with Crippen LogP contribution in [-0.2, 0) is 6.18 Å². The third kappa shape index (κ3) is 4.52. The van der Waals surface area contributed by atoms with Gasteiger partial charge in [0.25, 0.3) is 11.6 Å². The van der Waals surface area contributed by atoms with Gasteiger partial charge in [-0.3, -0.25) is 14.9 Å². The predicted molar refractivity (Wildman–Crippen MR) is 112 cm³/mol. The van der Waals surface area contributed by atoms with Crippen LogP contribution < -0.4 is 5.32 Å². The Balaban J connectivity index is 1.72. The zero-order valence-corrected chi connectivity index (χ0v) is 17.1. The quantitative estimate of drug-likeness (QED) is 0.344. The summed E-state index contributed by atoms with van der Waals surface area (Å²) in [5.41, 5.74) is -0.730. The van der Waals surface area contributed by atoms with Crippen LogP contribution in [-0.4, -0.2) is 25.4 Å². The summed E-state index contributed by atoms with van der Waals surface area (Å²) in [5.74, 6) is -0.651. The summed E-state index contributed by atoms with van der Waals surface area (Å²) < 4.78 is 41.8. The highest BCUT2D eigenvalue weighted by Crippen LogP contribution is 2.32. The van der Waals surface area contributed by atoms with Crippen molar-refractivity contribution in [1.82, 2.24) is 19.9 Å². The fourth-order valence-corrected chi connectivity index (χ4v) is 3.28. The first-order valence-electron chi connectivity index (χ1n) is 9.72. The van der Waals surface area contributed by atoms with Crippen molar-refractivity contribution in [3.63, 3.8) is 0 Å². The molecule has 0 spiro atoms. The zero-order chi connectivity index (χ0) is 23.8. The summed E-state index contributed by atoms with van der Waals surface area (Å²) in [5, 5.41) is 17.4. The second-order valence-corrected chi connectivity index (χ2v) is 7.23. The molecule has 0 fully saturated rings. The second kappa shape index (κ2) is 8.34. The first-order valence-corrected chi connectivity index (χ1v) is 9.72. The topological polar surface area (TPSA) is 102 Å². The lowest BCUT2D eigenvalue weighted by molar-refractivity contribution is -0.384. The second-order valence-electron chi connectivity index (χ2n) is 7.23. The van der Waals surface area contributed by atoms with Crippen LogP contribution in [0.25, 0.3) is 16.9 Å². The number of aromatic nitrogens is 3. The fourth-order valence-electron chi connectivity index (χ4n) is 3.28. The Labute approximate surface area is 184 Å². The van der Waals surface area contributed by atoms with E-state index in [0.29, 0.717) is 4.52 Å². The summed E-state index contributed by atoms with van der Waals surface area (Å²) in [6.45, 7) is 1.75. The van der Waals surface area contributed by atoms with Crippen LogP contribution >= 0.6 is 0 Å². The molecular weight excluding hydrogens is 439 g/mol. The summed E-state index contributed by atoms with van der Waals surface area (Å²) in [6, 6.07) is 15.6. The van der Waals surface area contributed by atoms with Crippen LogP contribution in [0.15, 0.2) is 66.7 Å². The van der Waals surface area contributed by atoms with E-state index in [1.54, 1.807) is 6.92 Å². The average molecular weight is 455 g/mol. The van der Waals surface area contributed by atoms with Gasteiger partial charge < -0.3 is 5.32 Å². The van der Waals surface area contributed by atoms with Gasteiger partial charge in [0.15, 0.2) is 17.0 Å². The van der Waals surface area contributed by atoms with Gasteiger partial charge in [-0.05, 0) is 30.7 Å². The Morgan fingerprint density at radius 3 is 2.36 bits per heavy atom. The highest BCUT2D eigenvalue weighted by atomic mass is 19.4. The Morgan fingerprint density at radius 2 is 1.76 bits per heavy atom. The molecule has 0 saturated heterocycles. The lowest BCUT2D eigenvalue weighted by Gasteiger charge is -2.13. The molecule has 4 rings (SSSR count). The number of non-ortho nitro benzene ring substituents is 1. The zero-order valence-electron chi connectivity index (χ0n) is 17.1. The molecule has 2 aromatic heterocycles. The van der Waals surface area contributed by atoms with Crippen molar-refractivity contribution < 1.29 is 22.9 Å². The number of hydrogen-bond acceptors (Lipinski definition) is 5. The van der Waals surface area contributed by atoms with Crippen molar-refractivity contribution >= 4 is 17.2 Å². The molecule has 0 bridgehead atoms. The molecule has 168 valence electrons. The van der Waals surface area contributed by atoms with Crippen LogP contribution in [0.4, 0.5) is 18.9 Å². The van der Waals surface area contributed by atoms with Crippen molar-refractivity contribution in [1.29, 1.82) is 0 Å². The van der Waals surface area contributed by atoms with Crippen molar-refractivity contribution in [2.75, 3.05) is 0 Å². The molecule has 0 aliphatic carbocycles. The first kappa shape index (κ1) is 21.9. The number of halogens is 3. The summed E-state index contributed by atoms with van der Waals surface area (Å²) in [4.78, 5) is 27.1. The predicted octanol–water partition coefficient (Wildman–Crippen LogP) is 4.81. The molecule has 0 aliphatic rings. The minimum atomic E-state index is -4.78. The molecule has 4 aromatic rings. The Hall–Kier alpha value is -4.28. The molecule has 0 unspecified atom stereocenters. The van der Waals surface area contributed by atoms with Crippen LogP contribution in [0.5, 0.6) is 0 Å². The molecule has 0 radical (unpaired) electrons. The van der Waals surface area contributed by atoms with E-state index in [1.807, 2.05) is 30.3 Å². The number of rotatable bonds is 5. The highest BCUT2D eigenvalue weighted by Gasteiger charge is 2.35. The highest BCUT2D eigenvalue weighted by molar-refractivity contribution is 5.93. The third-order valence-electron chi connectivity index (χ3n) is 4.97. The number of nitro benzene ring substituents is 1. The smallest absolute Gasteiger partial charge is 0.344 e. The SMILES string of the molecule is C[C@@H](NC(=O)c1cc2nc(-c3ccc([N+](=O)[O-])cc3)cc(C(F)(F)F)n2n1)c1ccccc1. The van der Waals surface area contributed by atoms with Gasteiger partial charge in [0.05, 0.1) is 16.7 Å². The number of nitrogens with zero attached hydrogens (tertiary/aromatic N) is 4. The van der Waals surface area contributed by atoms with Gasteiger partial charge in [-0.25, -0.2) is 9.50 Å². The Morgan fingerprint density at radius 1 is 1.09 bits per heavy atom. The molecule has 0 aliphatic heterocycles. The van der Waals surface area contributed by atoms with E-state index < -0.39 is 28.7 Å². The molecule has 11 heteroatoms. The summed E-state index contributed by atoms with van der Waals surface area (Å²) in [6.07, 6.45) is -4.78. The van der Waals surface area contributed by atoms with E-state index in [2.05, 4.69) is 15.4 Å². The van der Waals surface area contributed by atoms with E-state index >= 15 is 0 Å². The van der Waals surface area contributed by atoms with Crippen molar-refractivity contribution in [3.05, 3.63) is 93.8 Å². The average Bonchev–Trinajstić information content (AvgIpc) is 3.22. The summed E-state index contributed by atoms with van der Waals surface area (Å²) in [7, 11) is 0. The summed E-state index contributed by atoms with van der Waals surface area (Å²) >= 11 is 0. The number of hydrogen-bond donors (Lipinski definition) is 1. The molecule has 2 heterocycles. The molecule has 1 N–H and O–H groups in total. The normalized spacial score (nSPS) is 12.5. The molecule has 8 nitrogen and oxygen atoms in total. The van der Waals surface area contributed by atoms with Crippen molar-refractivity contribution in [3.8, 4) is 11.3 Å². The molecule has 33 heavy (non-hydrogen) atoms. The molecular formula is C22H16F3N5O3. The minimum absolute atomic E-state index is 0.0609. The molecule has 2 aromatic carbocycles. The number of carbonyl (C=O) groups is 1. The van der Waals surface area contributed by atoms with Crippen LogP contribution in [0.3, 0.4) is 0 Å². The van der Waals surface area contributed by atoms with Crippen LogP contribution in [0.2, 0.25) is 0 Å². The maximum absolute atomic E-state index is 13.7. The van der Waals surface area contributed by atoms with Gasteiger partial charge in [0, 0.05) is 23.8 Å². The third-order valence-corrected chi connectivity index (χ3v) is 4.97. The minimum Gasteiger partial charge on any atom is -0.344 e. The van der Waals surface area contributed by atoms with Gasteiger partial charge in [-0.15, -0.1) is 0 Å². The standard InChI is InChI=1S/C22H16F3N5O3/c1-13(14-5-3-2-4-6-14)26-21(31)18-12-20-27-17(11-19(22(23,24)25)29(20)28-18)15-7-9-16(10-8-15)30(32)33/h2-13H,1H3,(H,26,31)/t13-/m1/s1. The fraction of sp³-hybridized carbons (Fsp3) is 0.136. The number of fused-ring (bicyclic) bond motifs is 1. The van der Waals surface area contributed by atoms with Crippen LogP contribution in [0.1, 0.15) is 34.7 Å². The maximum atomic E-state index is 13.7. The Kier molecular flexibility index (Phi) is 5.54. The van der Waals surface area contributed by atoms with Gasteiger partial charge in [-0.2, -0.15) is 18.3 Å². The lowest BCUT2D eigenvalue weighted by Crippen LogP contribution is -2.27. The van der Waals surface area contributed by atoms with Gasteiger partial charge in [0.1, 0.15) is 0 Å². The lowest BCUT2D eigenvalue weighted by atomic mass is 10.1. The van der Waals surface area contributed by atoms with Crippen LogP contribution in [0, 0.1) is 10.1 Å². The number of nitrogens with one attached hydrogen (secondary N) is 1. The van der Waals surface area contributed by atoms with E-state index in [0.717, 1.165) is 17.7 Å². The number of alkyl halides is 3. The van der Waals surface area contributed by atoms with Gasteiger partial charge >= 0.3 is 6.18 Å².